The molecule has 0 heterocycles. The molecular formula is C16H8BrClF2N2O. The Morgan fingerprint density at radius 3 is 2.57 bits per heavy atom. The summed E-state index contributed by atoms with van der Waals surface area (Å²) in [4.78, 5) is 12.1. The number of nitrogens with zero attached hydrogens (tertiary/aromatic N) is 1. The third-order valence-corrected chi connectivity index (χ3v) is 3.58. The maximum Gasteiger partial charge on any atom is 0.266 e. The van der Waals surface area contributed by atoms with Crippen molar-refractivity contribution in [3.8, 4) is 6.07 Å². The molecule has 2 aromatic carbocycles. The molecule has 116 valence electrons. The second-order valence-electron chi connectivity index (χ2n) is 4.42. The van der Waals surface area contributed by atoms with Crippen LogP contribution in [-0.4, -0.2) is 5.91 Å². The average Bonchev–Trinajstić information content (AvgIpc) is 2.51. The first-order chi connectivity index (χ1) is 10.9. The van der Waals surface area contributed by atoms with Crippen LogP contribution < -0.4 is 5.32 Å². The monoisotopic (exact) mass is 396 g/mol. The molecule has 7 heteroatoms. The van der Waals surface area contributed by atoms with Crippen LogP contribution in [0.5, 0.6) is 0 Å². The predicted octanol–water partition coefficient (Wildman–Crippen LogP) is 4.93. The number of benzene rings is 2. The fourth-order valence-electron chi connectivity index (χ4n) is 1.70. The number of nitriles is 1. The lowest BCUT2D eigenvalue weighted by Gasteiger charge is -2.05. The topological polar surface area (TPSA) is 52.9 Å². The highest BCUT2D eigenvalue weighted by molar-refractivity contribution is 9.10. The number of carbonyl (C=O) groups is 1. The van der Waals surface area contributed by atoms with E-state index in [-0.39, 0.29) is 21.8 Å². The Kier molecular flexibility index (Phi) is 5.48. The van der Waals surface area contributed by atoms with Gasteiger partial charge in [-0.3, -0.25) is 4.79 Å². The Hall–Kier alpha value is -2.23. The number of nitrogens with one attached hydrogen (secondary N) is 1. The molecule has 0 unspecified atom stereocenters. The van der Waals surface area contributed by atoms with Crippen molar-refractivity contribution in [3.05, 3.63) is 68.7 Å². The fourth-order valence-corrected chi connectivity index (χ4v) is 2.26. The number of hydrogen-bond donors (Lipinski definition) is 1. The van der Waals surface area contributed by atoms with Gasteiger partial charge in [-0.05, 0) is 42.5 Å². The molecule has 0 aromatic heterocycles. The summed E-state index contributed by atoms with van der Waals surface area (Å²) in [5, 5.41) is 11.3. The molecule has 0 bridgehead atoms. The summed E-state index contributed by atoms with van der Waals surface area (Å²) in [5.74, 6) is -1.95. The van der Waals surface area contributed by atoms with Crippen LogP contribution in [-0.2, 0) is 4.79 Å². The molecule has 1 N–H and O–H groups in total. The minimum atomic E-state index is -0.755. The first-order valence-electron chi connectivity index (χ1n) is 6.24. The van der Waals surface area contributed by atoms with Gasteiger partial charge in [-0.15, -0.1) is 0 Å². The minimum Gasteiger partial charge on any atom is -0.321 e. The number of anilines is 1. The van der Waals surface area contributed by atoms with E-state index in [0.717, 1.165) is 12.1 Å². The van der Waals surface area contributed by atoms with Gasteiger partial charge in [0.2, 0.25) is 0 Å². The predicted molar refractivity (Wildman–Crippen MR) is 87.7 cm³/mol. The van der Waals surface area contributed by atoms with E-state index in [1.54, 1.807) is 6.07 Å². The molecule has 1 amide bonds. The Morgan fingerprint density at radius 1 is 1.22 bits per heavy atom. The zero-order valence-electron chi connectivity index (χ0n) is 11.4. The molecular weight excluding hydrogens is 390 g/mol. The summed E-state index contributed by atoms with van der Waals surface area (Å²) in [6.07, 6.45) is 1.13. The largest absolute Gasteiger partial charge is 0.321 e. The lowest BCUT2D eigenvalue weighted by atomic mass is 10.1. The van der Waals surface area contributed by atoms with E-state index >= 15 is 0 Å². The van der Waals surface area contributed by atoms with E-state index in [0.29, 0.717) is 4.47 Å². The molecule has 0 aliphatic rings. The molecule has 0 atom stereocenters. The third kappa shape index (κ3) is 4.38. The standard InChI is InChI=1S/C16H8BrClF2N2O/c17-11-1-3-14(19)9(6-11)5-10(8-21)16(23)22-12-2-4-15(20)13(18)7-12/h1-7H,(H,22,23)/b10-5+. The van der Waals surface area contributed by atoms with Gasteiger partial charge in [0, 0.05) is 15.7 Å². The van der Waals surface area contributed by atoms with Gasteiger partial charge < -0.3 is 5.32 Å². The molecule has 0 saturated heterocycles. The first kappa shape index (κ1) is 17.1. The molecule has 2 aromatic rings. The van der Waals surface area contributed by atoms with Crippen LogP contribution >= 0.6 is 27.5 Å². The number of hydrogen-bond acceptors (Lipinski definition) is 2. The summed E-state index contributed by atoms with van der Waals surface area (Å²) >= 11 is 8.80. The molecule has 0 saturated carbocycles. The summed E-state index contributed by atoms with van der Waals surface area (Å²) < 4.78 is 27.4. The molecule has 0 aliphatic heterocycles. The van der Waals surface area contributed by atoms with E-state index < -0.39 is 17.5 Å². The van der Waals surface area contributed by atoms with Gasteiger partial charge in [0.25, 0.3) is 5.91 Å². The van der Waals surface area contributed by atoms with Gasteiger partial charge in [0.05, 0.1) is 5.02 Å². The normalized spacial score (nSPS) is 11.0. The SMILES string of the molecule is N#C/C(=C\c1cc(Br)ccc1F)C(=O)Nc1ccc(F)c(Cl)c1. The molecule has 23 heavy (non-hydrogen) atoms. The number of carbonyl (C=O) groups excluding carboxylic acids is 1. The molecule has 2 rings (SSSR count). The van der Waals surface area contributed by atoms with Crippen LogP contribution in [0.1, 0.15) is 5.56 Å². The van der Waals surface area contributed by atoms with Crippen molar-refractivity contribution in [2.24, 2.45) is 0 Å². The molecule has 0 radical (unpaired) electrons. The highest BCUT2D eigenvalue weighted by atomic mass is 79.9. The van der Waals surface area contributed by atoms with Crippen LogP contribution in [0.15, 0.2) is 46.4 Å². The zero-order chi connectivity index (χ0) is 17.0. The van der Waals surface area contributed by atoms with E-state index in [4.69, 9.17) is 16.9 Å². The van der Waals surface area contributed by atoms with Gasteiger partial charge >= 0.3 is 0 Å². The van der Waals surface area contributed by atoms with Crippen molar-refractivity contribution in [2.75, 3.05) is 5.32 Å². The Balaban J connectivity index is 2.28. The Morgan fingerprint density at radius 2 is 1.91 bits per heavy atom. The first-order valence-corrected chi connectivity index (χ1v) is 7.41. The van der Waals surface area contributed by atoms with Crippen molar-refractivity contribution >= 4 is 45.2 Å². The Labute approximate surface area is 144 Å². The highest BCUT2D eigenvalue weighted by Gasteiger charge is 2.12. The molecule has 0 aliphatic carbocycles. The van der Waals surface area contributed by atoms with Crippen molar-refractivity contribution in [2.45, 2.75) is 0 Å². The van der Waals surface area contributed by atoms with Gasteiger partial charge in [-0.2, -0.15) is 5.26 Å². The van der Waals surface area contributed by atoms with Crippen molar-refractivity contribution in [1.29, 1.82) is 5.26 Å². The number of halogens is 4. The average molecular weight is 398 g/mol. The molecule has 3 nitrogen and oxygen atoms in total. The summed E-state index contributed by atoms with van der Waals surface area (Å²) in [6, 6.07) is 9.45. The minimum absolute atomic E-state index is 0.0863. The van der Waals surface area contributed by atoms with E-state index in [1.165, 1.54) is 30.3 Å². The van der Waals surface area contributed by atoms with Gasteiger partial charge in [-0.25, -0.2) is 8.78 Å². The van der Waals surface area contributed by atoms with Crippen molar-refractivity contribution in [3.63, 3.8) is 0 Å². The fraction of sp³-hybridized carbons (Fsp3) is 0. The summed E-state index contributed by atoms with van der Waals surface area (Å²) in [6.45, 7) is 0. The zero-order valence-corrected chi connectivity index (χ0v) is 13.8. The molecule has 0 spiro atoms. The van der Waals surface area contributed by atoms with Gasteiger partial charge in [0.15, 0.2) is 0 Å². The second-order valence-corrected chi connectivity index (χ2v) is 5.74. The van der Waals surface area contributed by atoms with Crippen LogP contribution in [0, 0.1) is 23.0 Å². The maximum absolute atomic E-state index is 13.7. The molecule has 0 fully saturated rings. The highest BCUT2D eigenvalue weighted by Crippen LogP contribution is 2.21. The van der Waals surface area contributed by atoms with E-state index in [1.807, 2.05) is 0 Å². The van der Waals surface area contributed by atoms with E-state index in [9.17, 15) is 13.6 Å². The number of rotatable bonds is 3. The quantitative estimate of drug-likeness (QED) is 0.590. The smallest absolute Gasteiger partial charge is 0.266 e. The van der Waals surface area contributed by atoms with Crippen LogP contribution in [0.25, 0.3) is 6.08 Å². The van der Waals surface area contributed by atoms with E-state index in [2.05, 4.69) is 21.2 Å². The second kappa shape index (κ2) is 7.36. The van der Waals surface area contributed by atoms with Crippen LogP contribution in [0.4, 0.5) is 14.5 Å². The van der Waals surface area contributed by atoms with Gasteiger partial charge in [-0.1, -0.05) is 27.5 Å². The lowest BCUT2D eigenvalue weighted by molar-refractivity contribution is -0.112. The summed E-state index contributed by atoms with van der Waals surface area (Å²) in [5.41, 5.74) is 0.00271. The number of amides is 1. The summed E-state index contributed by atoms with van der Waals surface area (Å²) in [7, 11) is 0. The van der Waals surface area contributed by atoms with Gasteiger partial charge in [0.1, 0.15) is 23.3 Å². The lowest BCUT2D eigenvalue weighted by Crippen LogP contribution is -2.13. The van der Waals surface area contributed by atoms with Crippen molar-refractivity contribution in [1.82, 2.24) is 0 Å². The Bertz CT molecular complexity index is 846. The van der Waals surface area contributed by atoms with Crippen LogP contribution in [0.3, 0.4) is 0 Å². The van der Waals surface area contributed by atoms with Crippen LogP contribution in [0.2, 0.25) is 5.02 Å². The maximum atomic E-state index is 13.7. The van der Waals surface area contributed by atoms with Crippen molar-refractivity contribution < 1.29 is 13.6 Å². The third-order valence-electron chi connectivity index (χ3n) is 2.80.